The summed E-state index contributed by atoms with van der Waals surface area (Å²) in [5, 5.41) is 14.3. The van der Waals surface area contributed by atoms with Crippen molar-refractivity contribution in [2.75, 3.05) is 41.5 Å². The fourth-order valence-corrected chi connectivity index (χ4v) is 2.05. The van der Waals surface area contributed by atoms with Crippen molar-refractivity contribution in [2.24, 2.45) is 10.2 Å². The molecular formula is C8H14N12. The molecule has 12 heteroatoms. The summed E-state index contributed by atoms with van der Waals surface area (Å²) in [5.41, 5.74) is 11.8. The number of nitrogens with zero attached hydrogens (tertiary/aromatic N) is 8. The highest BCUT2D eigenvalue weighted by atomic mass is 15.8. The summed E-state index contributed by atoms with van der Waals surface area (Å²) < 4.78 is 0. The standard InChI is InChI=1S/C8H14N12/c1-9-10-2-17(1)7-15-8(18-3-11-12-4-18)20(16-7)19-5-13-14-6-19/h1,5,10-12,14H,2-4,6H2. The van der Waals surface area contributed by atoms with Crippen LogP contribution in [0.3, 0.4) is 0 Å². The van der Waals surface area contributed by atoms with Crippen LogP contribution in [-0.2, 0) is 0 Å². The SMILES string of the molecule is C1=NNCN1c1nc(N2CNNC2)n(N2C=NNC2)n1. The molecule has 0 aromatic carbocycles. The lowest BCUT2D eigenvalue weighted by molar-refractivity contribution is 0.612. The fourth-order valence-electron chi connectivity index (χ4n) is 2.05. The number of rotatable bonds is 3. The van der Waals surface area contributed by atoms with Gasteiger partial charge in [-0.05, 0) is 0 Å². The van der Waals surface area contributed by atoms with E-state index in [2.05, 4.69) is 42.0 Å². The van der Waals surface area contributed by atoms with Gasteiger partial charge in [0.2, 0.25) is 5.95 Å². The van der Waals surface area contributed by atoms with E-state index in [0.717, 1.165) is 5.95 Å². The van der Waals surface area contributed by atoms with Gasteiger partial charge in [-0.1, -0.05) is 0 Å². The van der Waals surface area contributed by atoms with Crippen LogP contribution in [0.15, 0.2) is 10.2 Å². The molecule has 3 aliphatic heterocycles. The van der Waals surface area contributed by atoms with Crippen molar-refractivity contribution in [2.45, 2.75) is 0 Å². The lowest BCUT2D eigenvalue weighted by Crippen LogP contribution is -2.38. The van der Waals surface area contributed by atoms with Crippen molar-refractivity contribution in [3.05, 3.63) is 0 Å². The van der Waals surface area contributed by atoms with Crippen LogP contribution >= 0.6 is 0 Å². The van der Waals surface area contributed by atoms with Crippen LogP contribution in [0.4, 0.5) is 11.9 Å². The molecule has 1 saturated heterocycles. The molecule has 4 rings (SSSR count). The molecule has 1 aromatic rings. The average Bonchev–Trinajstić information content (AvgIpc) is 3.22. The van der Waals surface area contributed by atoms with Crippen LogP contribution in [0.2, 0.25) is 0 Å². The first-order valence-electron chi connectivity index (χ1n) is 6.15. The first-order valence-corrected chi connectivity index (χ1v) is 6.15. The lowest BCUT2D eigenvalue weighted by atomic mass is 10.7. The minimum Gasteiger partial charge on any atom is -0.311 e. The smallest absolute Gasteiger partial charge is 0.255 e. The number of anilines is 2. The first kappa shape index (κ1) is 11.2. The van der Waals surface area contributed by atoms with E-state index >= 15 is 0 Å². The van der Waals surface area contributed by atoms with Crippen LogP contribution in [-0.4, -0.2) is 54.2 Å². The summed E-state index contributed by atoms with van der Waals surface area (Å²) in [7, 11) is 0. The molecule has 0 amide bonds. The van der Waals surface area contributed by atoms with Gasteiger partial charge in [0, 0.05) is 0 Å². The van der Waals surface area contributed by atoms with Gasteiger partial charge < -0.3 is 4.90 Å². The Kier molecular flexibility index (Phi) is 2.53. The summed E-state index contributed by atoms with van der Waals surface area (Å²) in [4.78, 5) is 10.2. The third-order valence-electron chi connectivity index (χ3n) is 3.06. The number of hydrogen-bond donors (Lipinski definition) is 4. The van der Waals surface area contributed by atoms with E-state index < -0.39 is 0 Å². The van der Waals surface area contributed by atoms with Crippen LogP contribution in [0.5, 0.6) is 0 Å². The van der Waals surface area contributed by atoms with Crippen molar-refractivity contribution in [1.29, 1.82) is 0 Å². The quantitative estimate of drug-likeness (QED) is 0.455. The van der Waals surface area contributed by atoms with E-state index in [9.17, 15) is 0 Å². The number of nitrogens with one attached hydrogen (secondary N) is 4. The molecule has 12 nitrogen and oxygen atoms in total. The molecule has 1 aromatic heterocycles. The van der Waals surface area contributed by atoms with Crippen LogP contribution < -0.4 is 36.5 Å². The normalized spacial score (nSPS) is 20.9. The molecule has 20 heavy (non-hydrogen) atoms. The molecule has 0 unspecified atom stereocenters. The summed E-state index contributed by atoms with van der Waals surface area (Å²) in [6, 6.07) is 0. The molecule has 3 aliphatic rings. The van der Waals surface area contributed by atoms with Crippen molar-refractivity contribution in [3.8, 4) is 0 Å². The number of hydrazone groups is 2. The average molecular weight is 278 g/mol. The minimum absolute atomic E-state index is 0.552. The third kappa shape index (κ3) is 1.78. The summed E-state index contributed by atoms with van der Waals surface area (Å²) >= 11 is 0. The topological polar surface area (TPSA) is 113 Å². The largest absolute Gasteiger partial charge is 0.311 e. The second-order valence-corrected chi connectivity index (χ2v) is 4.34. The molecular weight excluding hydrogens is 264 g/mol. The molecule has 0 aliphatic carbocycles. The lowest BCUT2D eigenvalue weighted by Gasteiger charge is -2.19. The molecule has 0 saturated carbocycles. The van der Waals surface area contributed by atoms with Gasteiger partial charge in [-0.15, -0.1) is 9.89 Å². The molecule has 0 spiro atoms. The van der Waals surface area contributed by atoms with Gasteiger partial charge in [-0.3, -0.25) is 15.8 Å². The Morgan fingerprint density at radius 1 is 0.950 bits per heavy atom. The van der Waals surface area contributed by atoms with E-state index in [4.69, 9.17) is 0 Å². The fraction of sp³-hybridized carbons (Fsp3) is 0.500. The van der Waals surface area contributed by atoms with Gasteiger partial charge in [-0.2, -0.15) is 15.2 Å². The summed E-state index contributed by atoms with van der Waals surface area (Å²) in [6.07, 6.45) is 3.34. The molecule has 1 fully saturated rings. The van der Waals surface area contributed by atoms with Crippen molar-refractivity contribution in [3.63, 3.8) is 0 Å². The Balaban J connectivity index is 1.69. The van der Waals surface area contributed by atoms with Crippen molar-refractivity contribution >= 4 is 24.6 Å². The van der Waals surface area contributed by atoms with Gasteiger partial charge in [0.15, 0.2) is 0 Å². The maximum atomic E-state index is 4.58. The highest BCUT2D eigenvalue weighted by Gasteiger charge is 2.25. The Morgan fingerprint density at radius 3 is 2.45 bits per heavy atom. The maximum Gasteiger partial charge on any atom is 0.255 e. The second-order valence-electron chi connectivity index (χ2n) is 4.34. The molecule has 106 valence electrons. The number of aromatic nitrogens is 3. The second kappa shape index (κ2) is 4.50. The highest BCUT2D eigenvalue weighted by Crippen LogP contribution is 2.17. The zero-order valence-electron chi connectivity index (χ0n) is 10.6. The Morgan fingerprint density at radius 2 is 1.75 bits per heavy atom. The van der Waals surface area contributed by atoms with E-state index in [0.29, 0.717) is 32.6 Å². The van der Waals surface area contributed by atoms with Crippen molar-refractivity contribution in [1.82, 2.24) is 36.6 Å². The summed E-state index contributed by atoms with van der Waals surface area (Å²) in [6.45, 7) is 2.43. The molecule has 4 heterocycles. The number of hydrazine groups is 1. The summed E-state index contributed by atoms with van der Waals surface area (Å²) in [5.74, 6) is 1.31. The Hall–Kier alpha value is -2.60. The molecule has 4 N–H and O–H groups in total. The predicted molar refractivity (Wildman–Crippen MR) is 72.2 cm³/mol. The van der Waals surface area contributed by atoms with Gasteiger partial charge in [-0.25, -0.2) is 15.9 Å². The van der Waals surface area contributed by atoms with Gasteiger partial charge in [0.25, 0.3) is 5.95 Å². The zero-order valence-corrected chi connectivity index (χ0v) is 10.6. The Labute approximate surface area is 114 Å². The predicted octanol–water partition coefficient (Wildman–Crippen LogP) is -3.14. The zero-order chi connectivity index (χ0) is 13.4. The molecule has 0 radical (unpaired) electrons. The van der Waals surface area contributed by atoms with E-state index in [-0.39, 0.29) is 0 Å². The third-order valence-corrected chi connectivity index (χ3v) is 3.06. The van der Waals surface area contributed by atoms with E-state index in [1.54, 1.807) is 17.5 Å². The van der Waals surface area contributed by atoms with E-state index in [1.165, 1.54) is 0 Å². The minimum atomic E-state index is 0.552. The highest BCUT2D eigenvalue weighted by molar-refractivity contribution is 5.77. The monoisotopic (exact) mass is 278 g/mol. The van der Waals surface area contributed by atoms with Crippen molar-refractivity contribution < 1.29 is 0 Å². The molecule has 0 atom stereocenters. The van der Waals surface area contributed by atoms with E-state index in [1.807, 2.05) is 14.8 Å². The molecule has 0 bridgehead atoms. The van der Waals surface area contributed by atoms with Gasteiger partial charge in [0.1, 0.15) is 26.0 Å². The van der Waals surface area contributed by atoms with Gasteiger partial charge >= 0.3 is 0 Å². The number of hydrogen-bond acceptors (Lipinski definition) is 11. The van der Waals surface area contributed by atoms with Crippen LogP contribution in [0.1, 0.15) is 0 Å². The van der Waals surface area contributed by atoms with Crippen LogP contribution in [0.25, 0.3) is 0 Å². The Bertz CT molecular complexity index is 542. The van der Waals surface area contributed by atoms with Crippen LogP contribution in [0, 0.1) is 0 Å². The first-order chi connectivity index (χ1) is 9.92. The van der Waals surface area contributed by atoms with Gasteiger partial charge in [0.05, 0.1) is 13.3 Å². The maximum absolute atomic E-state index is 4.58.